The van der Waals surface area contributed by atoms with Crippen LogP contribution in [-0.2, 0) is 23.9 Å². The van der Waals surface area contributed by atoms with E-state index in [1.54, 1.807) is 0 Å². The summed E-state index contributed by atoms with van der Waals surface area (Å²) in [4.78, 5) is 35.2. The lowest BCUT2D eigenvalue weighted by Gasteiger charge is -2.15. The number of esters is 2. The minimum absolute atomic E-state index is 0.0518. The molecule has 0 bridgehead atoms. The Labute approximate surface area is 112 Å². The predicted molar refractivity (Wildman–Crippen MR) is 68.4 cm³/mol. The second-order valence-electron chi connectivity index (χ2n) is 4.54. The third kappa shape index (κ3) is 4.50. The van der Waals surface area contributed by atoms with Crippen molar-refractivity contribution in [2.45, 2.75) is 44.9 Å². The van der Waals surface area contributed by atoms with E-state index in [-0.39, 0.29) is 17.8 Å². The molecule has 0 heterocycles. The zero-order chi connectivity index (χ0) is 14.3. The van der Waals surface area contributed by atoms with Crippen molar-refractivity contribution in [3.8, 4) is 0 Å². The molecule has 0 atom stereocenters. The number of ketones is 1. The van der Waals surface area contributed by atoms with E-state index in [2.05, 4.69) is 9.47 Å². The molecule has 0 aromatic heterocycles. The maximum absolute atomic E-state index is 12.1. The van der Waals surface area contributed by atoms with Crippen LogP contribution in [0.2, 0.25) is 0 Å². The van der Waals surface area contributed by atoms with E-state index < -0.39 is 11.9 Å². The number of hydrogen-bond acceptors (Lipinski definition) is 5. The fourth-order valence-corrected chi connectivity index (χ4v) is 2.19. The molecule has 0 N–H and O–H groups in total. The summed E-state index contributed by atoms with van der Waals surface area (Å²) in [7, 11) is 2.50. The van der Waals surface area contributed by atoms with E-state index in [1.807, 2.05) is 0 Å². The van der Waals surface area contributed by atoms with E-state index in [0.29, 0.717) is 18.4 Å². The molecule has 5 nitrogen and oxygen atoms in total. The van der Waals surface area contributed by atoms with Crippen molar-refractivity contribution in [3.05, 3.63) is 11.1 Å². The Morgan fingerprint density at radius 3 is 2.21 bits per heavy atom. The summed E-state index contributed by atoms with van der Waals surface area (Å²) in [6.45, 7) is 0. The van der Waals surface area contributed by atoms with Gasteiger partial charge in [0.15, 0.2) is 5.78 Å². The van der Waals surface area contributed by atoms with Crippen molar-refractivity contribution in [1.82, 2.24) is 0 Å². The van der Waals surface area contributed by atoms with Gasteiger partial charge in [-0.1, -0.05) is 12.8 Å². The van der Waals surface area contributed by atoms with Crippen molar-refractivity contribution in [1.29, 1.82) is 0 Å². The lowest BCUT2D eigenvalue weighted by atomic mass is 9.90. The molecule has 1 aliphatic rings. The third-order valence-electron chi connectivity index (χ3n) is 3.26. The Bertz CT molecular complexity index is 395. The molecule has 1 saturated carbocycles. The average Bonchev–Trinajstić information content (AvgIpc) is 2.40. The maximum Gasteiger partial charge on any atom is 0.334 e. The van der Waals surface area contributed by atoms with Crippen molar-refractivity contribution >= 4 is 17.7 Å². The number of rotatable bonds is 3. The van der Waals surface area contributed by atoms with Gasteiger partial charge in [-0.15, -0.1) is 0 Å². The molecular weight excluding hydrogens is 248 g/mol. The molecule has 0 unspecified atom stereocenters. The van der Waals surface area contributed by atoms with Crippen LogP contribution >= 0.6 is 0 Å². The van der Waals surface area contributed by atoms with Gasteiger partial charge >= 0.3 is 11.9 Å². The van der Waals surface area contributed by atoms with Crippen molar-refractivity contribution in [2.24, 2.45) is 0 Å². The molecule has 19 heavy (non-hydrogen) atoms. The van der Waals surface area contributed by atoms with Crippen LogP contribution in [0.1, 0.15) is 44.9 Å². The van der Waals surface area contributed by atoms with E-state index >= 15 is 0 Å². The molecule has 0 aliphatic heterocycles. The zero-order valence-corrected chi connectivity index (χ0v) is 11.5. The highest BCUT2D eigenvalue weighted by atomic mass is 16.5. The van der Waals surface area contributed by atoms with Gasteiger partial charge in [-0.2, -0.15) is 0 Å². The standard InChI is InChI=1S/C14H20O5/c1-18-13(16)9-11(14(17)19-2)10-7-5-3-4-6-8-12(10)15/h3-9H2,1-2H3/b11-10+. The first-order valence-electron chi connectivity index (χ1n) is 6.50. The lowest BCUT2D eigenvalue weighted by molar-refractivity contribution is -0.143. The zero-order valence-electron chi connectivity index (χ0n) is 11.5. The molecule has 0 radical (unpaired) electrons. The summed E-state index contributed by atoms with van der Waals surface area (Å²) < 4.78 is 9.24. The maximum atomic E-state index is 12.1. The van der Waals surface area contributed by atoms with Crippen molar-refractivity contribution < 1.29 is 23.9 Å². The molecule has 0 amide bonds. The van der Waals surface area contributed by atoms with Crippen LogP contribution in [0.4, 0.5) is 0 Å². The summed E-state index contributed by atoms with van der Waals surface area (Å²) in [5, 5.41) is 0. The molecule has 1 fully saturated rings. The summed E-state index contributed by atoms with van der Waals surface area (Å²) in [6, 6.07) is 0. The number of Topliss-reactive ketones (excluding diaryl/α,β-unsaturated/α-hetero) is 1. The Morgan fingerprint density at radius 1 is 1.00 bits per heavy atom. The highest BCUT2D eigenvalue weighted by Crippen LogP contribution is 2.24. The molecule has 5 heteroatoms. The minimum atomic E-state index is -0.616. The normalized spacial score (nSPS) is 19.2. The van der Waals surface area contributed by atoms with Gasteiger partial charge in [0.1, 0.15) is 0 Å². The fourth-order valence-electron chi connectivity index (χ4n) is 2.19. The van der Waals surface area contributed by atoms with Crippen LogP contribution in [0.5, 0.6) is 0 Å². The third-order valence-corrected chi connectivity index (χ3v) is 3.26. The Kier molecular flexibility index (Phi) is 6.25. The van der Waals surface area contributed by atoms with Crippen LogP contribution < -0.4 is 0 Å². The summed E-state index contributed by atoms with van der Waals surface area (Å²) >= 11 is 0. The van der Waals surface area contributed by atoms with E-state index in [4.69, 9.17) is 0 Å². The second-order valence-corrected chi connectivity index (χ2v) is 4.54. The number of hydrogen-bond donors (Lipinski definition) is 0. The average molecular weight is 268 g/mol. The van der Waals surface area contributed by atoms with Crippen LogP contribution in [0.25, 0.3) is 0 Å². The fraction of sp³-hybridized carbons (Fsp3) is 0.643. The molecule has 0 saturated heterocycles. The smallest absolute Gasteiger partial charge is 0.334 e. The minimum Gasteiger partial charge on any atom is -0.469 e. The Balaban J connectivity index is 3.06. The van der Waals surface area contributed by atoms with Gasteiger partial charge < -0.3 is 9.47 Å². The number of carbonyl (C=O) groups is 3. The molecular formula is C14H20O5. The second kappa shape index (κ2) is 7.71. The molecule has 106 valence electrons. The highest BCUT2D eigenvalue weighted by Gasteiger charge is 2.24. The first-order valence-corrected chi connectivity index (χ1v) is 6.50. The topological polar surface area (TPSA) is 69.7 Å². The van der Waals surface area contributed by atoms with Crippen LogP contribution in [-0.4, -0.2) is 31.9 Å². The number of ether oxygens (including phenoxy) is 2. The van der Waals surface area contributed by atoms with Gasteiger partial charge in [-0.25, -0.2) is 4.79 Å². The molecule has 0 spiro atoms. The summed E-state index contributed by atoms with van der Waals surface area (Å²) in [5.74, 6) is -1.21. The first kappa shape index (κ1) is 15.4. The van der Waals surface area contributed by atoms with Gasteiger partial charge in [0.25, 0.3) is 0 Å². The lowest BCUT2D eigenvalue weighted by Crippen LogP contribution is -2.18. The number of allylic oxidation sites excluding steroid dienone is 1. The number of methoxy groups -OCH3 is 2. The Morgan fingerprint density at radius 2 is 1.63 bits per heavy atom. The summed E-state index contributed by atoms with van der Waals surface area (Å²) in [6.07, 6.45) is 4.49. The predicted octanol–water partition coefficient (Wildman–Crippen LogP) is 1.94. The van der Waals surface area contributed by atoms with Gasteiger partial charge in [0.2, 0.25) is 0 Å². The molecule has 0 aromatic rings. The van der Waals surface area contributed by atoms with Crippen LogP contribution in [0.3, 0.4) is 0 Å². The molecule has 0 aromatic carbocycles. The molecule has 1 rings (SSSR count). The Hall–Kier alpha value is -1.65. The molecule has 1 aliphatic carbocycles. The largest absolute Gasteiger partial charge is 0.469 e. The van der Waals surface area contributed by atoms with Gasteiger partial charge in [-0.3, -0.25) is 9.59 Å². The van der Waals surface area contributed by atoms with E-state index in [9.17, 15) is 14.4 Å². The van der Waals surface area contributed by atoms with Crippen molar-refractivity contribution in [3.63, 3.8) is 0 Å². The highest BCUT2D eigenvalue weighted by molar-refractivity contribution is 6.05. The number of carbonyl (C=O) groups excluding carboxylic acids is 3. The van der Waals surface area contributed by atoms with Gasteiger partial charge in [-0.05, 0) is 19.3 Å². The van der Waals surface area contributed by atoms with Crippen molar-refractivity contribution in [2.75, 3.05) is 14.2 Å². The van der Waals surface area contributed by atoms with E-state index in [0.717, 1.165) is 25.7 Å². The quantitative estimate of drug-likeness (QED) is 0.578. The van der Waals surface area contributed by atoms with Crippen LogP contribution in [0, 0.1) is 0 Å². The van der Waals surface area contributed by atoms with Crippen LogP contribution in [0.15, 0.2) is 11.1 Å². The van der Waals surface area contributed by atoms with Gasteiger partial charge in [0.05, 0.1) is 26.2 Å². The van der Waals surface area contributed by atoms with E-state index in [1.165, 1.54) is 14.2 Å². The summed E-state index contributed by atoms with van der Waals surface area (Å²) in [5.41, 5.74) is 0.596. The first-order chi connectivity index (χ1) is 9.10. The SMILES string of the molecule is COC(=O)C/C(C(=O)OC)=C1/CCCCCCC1=O. The monoisotopic (exact) mass is 268 g/mol. The van der Waals surface area contributed by atoms with Gasteiger partial charge in [0, 0.05) is 12.0 Å².